The number of carbonyl (C=O) groups is 2. The lowest BCUT2D eigenvalue weighted by atomic mass is 10.1. The minimum absolute atomic E-state index is 0.224. The Morgan fingerprint density at radius 2 is 2.07 bits per heavy atom. The fraction of sp³-hybridized carbons (Fsp3) is 0.750. The number of ether oxygens (including phenoxy) is 1. The van der Waals surface area contributed by atoms with Gasteiger partial charge in [-0.05, 0) is 0 Å². The first kappa shape index (κ1) is 13.0. The fourth-order valence-corrected chi connectivity index (χ4v) is 0.921. The van der Waals surface area contributed by atoms with E-state index >= 15 is 0 Å². The molecule has 6 heteroatoms. The normalized spacial score (nSPS) is 16.9. The van der Waals surface area contributed by atoms with Crippen molar-refractivity contribution in [2.75, 3.05) is 6.61 Å². The summed E-state index contributed by atoms with van der Waals surface area (Å²) in [6.45, 7) is 0.452. The first-order chi connectivity index (χ1) is 6.52. The number of aliphatic hydroxyl groups excluding tert-OH is 3. The molecule has 0 aromatic carbocycles. The summed E-state index contributed by atoms with van der Waals surface area (Å²) in [6, 6.07) is 0. The molecule has 0 bridgehead atoms. The number of carbonyl (C=O) groups excluding carboxylic acids is 2. The zero-order valence-corrected chi connectivity index (χ0v) is 7.79. The van der Waals surface area contributed by atoms with Crippen molar-refractivity contribution >= 4 is 12.3 Å². The Bertz CT molecular complexity index is 192. The molecule has 0 aliphatic carbocycles. The minimum Gasteiger partial charge on any atom is -0.459 e. The third kappa shape index (κ3) is 4.31. The maximum atomic E-state index is 10.6. The van der Waals surface area contributed by atoms with E-state index in [1.807, 2.05) is 0 Å². The second-order valence-corrected chi connectivity index (χ2v) is 2.79. The van der Waals surface area contributed by atoms with Crippen LogP contribution in [0.3, 0.4) is 0 Å². The van der Waals surface area contributed by atoms with Crippen molar-refractivity contribution in [3.05, 3.63) is 0 Å². The first-order valence-corrected chi connectivity index (χ1v) is 4.10. The van der Waals surface area contributed by atoms with E-state index < -0.39 is 30.9 Å². The highest BCUT2D eigenvalue weighted by Crippen LogP contribution is 2.07. The molecule has 0 fully saturated rings. The maximum Gasteiger partial charge on any atom is 0.303 e. The molecule has 3 N–H and O–H groups in total. The summed E-state index contributed by atoms with van der Waals surface area (Å²) in [7, 11) is 0. The van der Waals surface area contributed by atoms with Gasteiger partial charge in [0.2, 0.25) is 0 Å². The Labute approximate surface area is 81.1 Å². The summed E-state index contributed by atoms with van der Waals surface area (Å²) in [5.74, 6) is -0.666. The molecule has 0 aliphatic rings. The van der Waals surface area contributed by atoms with Gasteiger partial charge in [-0.3, -0.25) is 4.79 Å². The minimum atomic E-state index is -1.46. The third-order valence-electron chi connectivity index (χ3n) is 1.61. The van der Waals surface area contributed by atoms with E-state index in [0.29, 0.717) is 6.29 Å². The van der Waals surface area contributed by atoms with Crippen molar-refractivity contribution in [2.45, 2.75) is 31.7 Å². The summed E-state index contributed by atoms with van der Waals surface area (Å²) < 4.78 is 4.58. The second-order valence-electron chi connectivity index (χ2n) is 2.79. The zero-order valence-electron chi connectivity index (χ0n) is 7.79. The zero-order chi connectivity index (χ0) is 11.1. The quantitative estimate of drug-likeness (QED) is 0.350. The van der Waals surface area contributed by atoms with Gasteiger partial charge >= 0.3 is 5.97 Å². The molecular formula is C8H14O6. The summed E-state index contributed by atoms with van der Waals surface area (Å²) >= 11 is 0. The summed E-state index contributed by atoms with van der Waals surface area (Å²) in [5, 5.41) is 26.9. The molecule has 0 heterocycles. The van der Waals surface area contributed by atoms with Crippen LogP contribution in [0.4, 0.5) is 0 Å². The summed E-state index contributed by atoms with van der Waals surface area (Å²) in [6.07, 6.45) is -3.78. The lowest BCUT2D eigenvalue weighted by molar-refractivity contribution is -0.159. The van der Waals surface area contributed by atoms with Crippen molar-refractivity contribution in [3.63, 3.8) is 0 Å². The Balaban J connectivity index is 4.30. The molecular weight excluding hydrogens is 192 g/mol. The van der Waals surface area contributed by atoms with E-state index in [-0.39, 0.29) is 6.42 Å². The van der Waals surface area contributed by atoms with Crippen LogP contribution in [0.2, 0.25) is 0 Å². The third-order valence-corrected chi connectivity index (χ3v) is 1.61. The van der Waals surface area contributed by atoms with Gasteiger partial charge in [0.25, 0.3) is 0 Å². The summed E-state index contributed by atoms with van der Waals surface area (Å²) in [4.78, 5) is 20.7. The van der Waals surface area contributed by atoms with E-state index in [9.17, 15) is 14.7 Å². The van der Waals surface area contributed by atoms with Crippen molar-refractivity contribution in [2.24, 2.45) is 0 Å². The monoisotopic (exact) mass is 206 g/mol. The molecule has 0 amide bonds. The predicted octanol–water partition coefficient (Wildman–Crippen LogP) is -1.78. The highest BCUT2D eigenvalue weighted by Gasteiger charge is 2.27. The van der Waals surface area contributed by atoms with Crippen LogP contribution in [-0.4, -0.2) is 52.5 Å². The van der Waals surface area contributed by atoms with Gasteiger partial charge in [0, 0.05) is 13.3 Å². The van der Waals surface area contributed by atoms with Gasteiger partial charge in [0.15, 0.2) is 0 Å². The van der Waals surface area contributed by atoms with Crippen molar-refractivity contribution in [3.8, 4) is 0 Å². The van der Waals surface area contributed by atoms with Crippen molar-refractivity contribution in [1.29, 1.82) is 0 Å². The Morgan fingerprint density at radius 1 is 1.50 bits per heavy atom. The van der Waals surface area contributed by atoms with Gasteiger partial charge in [-0.15, -0.1) is 0 Å². The molecule has 0 aliphatic heterocycles. The number of esters is 1. The molecule has 0 aromatic heterocycles. The van der Waals surface area contributed by atoms with Gasteiger partial charge in [-0.25, -0.2) is 0 Å². The highest BCUT2D eigenvalue weighted by atomic mass is 16.6. The van der Waals surface area contributed by atoms with E-state index in [0.717, 1.165) is 6.92 Å². The molecule has 0 aromatic rings. The van der Waals surface area contributed by atoms with Gasteiger partial charge in [-0.2, -0.15) is 0 Å². The molecule has 3 atom stereocenters. The molecule has 0 unspecified atom stereocenters. The average molecular weight is 206 g/mol. The molecule has 14 heavy (non-hydrogen) atoms. The molecule has 0 spiro atoms. The van der Waals surface area contributed by atoms with Crippen LogP contribution in [0.5, 0.6) is 0 Å². The number of rotatable bonds is 6. The van der Waals surface area contributed by atoms with Crippen molar-refractivity contribution in [1.82, 2.24) is 0 Å². The Morgan fingerprint density at radius 3 is 2.43 bits per heavy atom. The van der Waals surface area contributed by atoms with Crippen LogP contribution in [0.25, 0.3) is 0 Å². The van der Waals surface area contributed by atoms with Crippen LogP contribution < -0.4 is 0 Å². The first-order valence-electron chi connectivity index (χ1n) is 4.10. The highest BCUT2D eigenvalue weighted by molar-refractivity contribution is 5.66. The van der Waals surface area contributed by atoms with Gasteiger partial charge in [0.05, 0.1) is 6.61 Å². The standard InChI is InChI=1S/C8H14O6/c1-5(11)14-7(2-3-9)8(13)6(12)4-10/h3,6-8,10,12-13H,2,4H2,1H3/t6-,7-,8-/m1/s1. The maximum absolute atomic E-state index is 10.6. The molecule has 82 valence electrons. The Hall–Kier alpha value is -0.980. The van der Waals surface area contributed by atoms with E-state index in [1.165, 1.54) is 0 Å². The van der Waals surface area contributed by atoms with E-state index in [2.05, 4.69) is 4.74 Å². The van der Waals surface area contributed by atoms with Gasteiger partial charge in [0.1, 0.15) is 24.6 Å². The van der Waals surface area contributed by atoms with E-state index in [4.69, 9.17) is 10.2 Å². The average Bonchev–Trinajstić information content (AvgIpc) is 2.14. The largest absolute Gasteiger partial charge is 0.459 e. The van der Waals surface area contributed by atoms with Crippen LogP contribution in [0.1, 0.15) is 13.3 Å². The van der Waals surface area contributed by atoms with Gasteiger partial charge in [-0.1, -0.05) is 0 Å². The molecule has 0 saturated carbocycles. The fourth-order valence-electron chi connectivity index (χ4n) is 0.921. The topological polar surface area (TPSA) is 104 Å². The SMILES string of the molecule is CC(=O)O[C@H](CC=O)[C@H](O)[C@H](O)CO. The van der Waals surface area contributed by atoms with Crippen LogP contribution >= 0.6 is 0 Å². The number of hydrogen-bond donors (Lipinski definition) is 3. The molecule has 6 nitrogen and oxygen atoms in total. The smallest absolute Gasteiger partial charge is 0.303 e. The predicted molar refractivity (Wildman–Crippen MR) is 45.3 cm³/mol. The van der Waals surface area contributed by atoms with Crippen LogP contribution in [-0.2, 0) is 14.3 Å². The van der Waals surface area contributed by atoms with Crippen LogP contribution in [0, 0.1) is 0 Å². The molecule has 0 saturated heterocycles. The molecule has 0 radical (unpaired) electrons. The van der Waals surface area contributed by atoms with Gasteiger partial charge < -0.3 is 24.9 Å². The summed E-state index contributed by atoms with van der Waals surface area (Å²) in [5.41, 5.74) is 0. The number of hydrogen-bond acceptors (Lipinski definition) is 6. The lowest BCUT2D eigenvalue weighted by Gasteiger charge is -2.23. The molecule has 0 rings (SSSR count). The second kappa shape index (κ2) is 6.47. The van der Waals surface area contributed by atoms with E-state index in [1.54, 1.807) is 0 Å². The van der Waals surface area contributed by atoms with Crippen LogP contribution in [0.15, 0.2) is 0 Å². The number of aliphatic hydroxyl groups is 3. The number of aldehydes is 1. The lowest BCUT2D eigenvalue weighted by Crippen LogP contribution is -2.42. The van der Waals surface area contributed by atoms with Crippen molar-refractivity contribution < 1.29 is 29.6 Å². The Kier molecular flexibility index (Phi) is 6.02.